The van der Waals surface area contributed by atoms with Crippen molar-refractivity contribution in [3.8, 4) is 0 Å². The van der Waals surface area contributed by atoms with Crippen molar-refractivity contribution < 1.29 is 5.11 Å². The van der Waals surface area contributed by atoms with Crippen LogP contribution >= 0.6 is 0 Å². The summed E-state index contributed by atoms with van der Waals surface area (Å²) in [6.45, 7) is 5.06. The molecule has 0 saturated carbocycles. The highest BCUT2D eigenvalue weighted by atomic mass is 16.3. The van der Waals surface area contributed by atoms with E-state index in [4.69, 9.17) is 0 Å². The summed E-state index contributed by atoms with van der Waals surface area (Å²) in [7, 11) is 0. The summed E-state index contributed by atoms with van der Waals surface area (Å²) < 4.78 is 0. The van der Waals surface area contributed by atoms with Gasteiger partial charge in [0, 0.05) is 36.7 Å². The molecule has 0 bridgehead atoms. The Kier molecular flexibility index (Phi) is 5.26. The first-order valence-electron chi connectivity index (χ1n) is 8.34. The smallest absolute Gasteiger partial charge is 0.0587 e. The molecule has 1 fully saturated rings. The summed E-state index contributed by atoms with van der Waals surface area (Å²) in [6.07, 6.45) is 4.12. The second-order valence-corrected chi connectivity index (χ2v) is 6.26. The van der Waals surface area contributed by atoms with Gasteiger partial charge < -0.3 is 10.4 Å². The number of aliphatic hydroxyl groups excluding tert-OH is 1. The first-order chi connectivity index (χ1) is 11.3. The number of nitrogens with one attached hydrogen (secondary N) is 1. The highest BCUT2D eigenvalue weighted by Gasteiger charge is 2.24. The van der Waals surface area contributed by atoms with Gasteiger partial charge in [-0.25, -0.2) is 0 Å². The van der Waals surface area contributed by atoms with E-state index >= 15 is 0 Å². The molecule has 0 spiro atoms. The Balaban J connectivity index is 1.68. The van der Waals surface area contributed by atoms with Crippen molar-refractivity contribution in [3.63, 3.8) is 0 Å². The van der Waals surface area contributed by atoms with Crippen LogP contribution in [0.1, 0.15) is 29.7 Å². The van der Waals surface area contributed by atoms with Crippen molar-refractivity contribution >= 4 is 5.69 Å². The zero-order valence-corrected chi connectivity index (χ0v) is 13.7. The third-order valence-electron chi connectivity index (χ3n) is 4.58. The van der Waals surface area contributed by atoms with Crippen molar-refractivity contribution in [1.29, 1.82) is 0 Å². The summed E-state index contributed by atoms with van der Waals surface area (Å²) in [4.78, 5) is 6.63. The number of aromatic nitrogens is 1. The van der Waals surface area contributed by atoms with E-state index in [1.165, 1.54) is 17.5 Å². The van der Waals surface area contributed by atoms with Gasteiger partial charge in [0.1, 0.15) is 0 Å². The molecule has 1 aliphatic heterocycles. The highest BCUT2D eigenvalue weighted by molar-refractivity contribution is 5.44. The molecule has 0 amide bonds. The monoisotopic (exact) mass is 311 g/mol. The largest absolute Gasteiger partial charge is 0.395 e. The zero-order valence-electron chi connectivity index (χ0n) is 13.7. The van der Waals surface area contributed by atoms with Crippen LogP contribution in [0.5, 0.6) is 0 Å². The van der Waals surface area contributed by atoms with Gasteiger partial charge in [-0.15, -0.1) is 0 Å². The molecule has 122 valence electrons. The number of aryl methyl sites for hydroxylation is 1. The summed E-state index contributed by atoms with van der Waals surface area (Å²) in [5, 5.41) is 13.0. The minimum atomic E-state index is 0.261. The fourth-order valence-electron chi connectivity index (χ4n) is 3.27. The fourth-order valence-corrected chi connectivity index (χ4v) is 3.27. The number of nitrogens with zero attached hydrogens (tertiary/aromatic N) is 2. The molecule has 1 aromatic heterocycles. The Morgan fingerprint density at radius 2 is 2.09 bits per heavy atom. The number of likely N-dealkylation sites (tertiary alicyclic amines) is 1. The average molecular weight is 311 g/mol. The van der Waals surface area contributed by atoms with E-state index in [0.29, 0.717) is 6.04 Å². The van der Waals surface area contributed by atoms with Crippen LogP contribution in [0.2, 0.25) is 0 Å². The maximum Gasteiger partial charge on any atom is 0.0587 e. The van der Waals surface area contributed by atoms with E-state index in [1.807, 2.05) is 19.2 Å². The van der Waals surface area contributed by atoms with Crippen molar-refractivity contribution in [2.45, 2.75) is 38.9 Å². The van der Waals surface area contributed by atoms with Crippen molar-refractivity contribution in [1.82, 2.24) is 9.88 Å². The lowest BCUT2D eigenvalue weighted by Gasteiger charge is -2.24. The number of anilines is 1. The highest BCUT2D eigenvalue weighted by Crippen LogP contribution is 2.22. The minimum Gasteiger partial charge on any atom is -0.395 e. The molecule has 4 nitrogen and oxygen atoms in total. The minimum absolute atomic E-state index is 0.261. The first kappa shape index (κ1) is 16.0. The molecule has 1 aromatic carbocycles. The molecule has 0 radical (unpaired) electrons. The SMILES string of the molecule is Cc1cc(NCc2ccccc2CN2CCC[C@H]2CO)ccn1. The van der Waals surface area contributed by atoms with E-state index in [9.17, 15) is 5.11 Å². The van der Waals surface area contributed by atoms with Gasteiger partial charge in [-0.2, -0.15) is 0 Å². The van der Waals surface area contributed by atoms with E-state index in [1.54, 1.807) is 0 Å². The maximum absolute atomic E-state index is 9.50. The molecule has 2 aromatic rings. The standard InChI is InChI=1S/C19H25N3O/c1-15-11-18(8-9-20-15)21-12-16-5-2-3-6-17(16)13-22-10-4-7-19(22)14-23/h2-3,5-6,8-9,11,19,23H,4,7,10,12-14H2,1H3,(H,20,21)/t19-/m0/s1. The van der Waals surface area contributed by atoms with E-state index < -0.39 is 0 Å². The van der Waals surface area contributed by atoms with E-state index in [2.05, 4.69) is 45.5 Å². The van der Waals surface area contributed by atoms with Gasteiger partial charge in [0.05, 0.1) is 6.61 Å². The molecule has 23 heavy (non-hydrogen) atoms. The van der Waals surface area contributed by atoms with Crippen LogP contribution in [-0.4, -0.2) is 34.2 Å². The quantitative estimate of drug-likeness (QED) is 0.861. The van der Waals surface area contributed by atoms with Crippen LogP contribution in [0.4, 0.5) is 5.69 Å². The third-order valence-corrected chi connectivity index (χ3v) is 4.58. The number of hydrogen-bond acceptors (Lipinski definition) is 4. The third kappa shape index (κ3) is 4.09. The molecule has 3 rings (SSSR count). The first-order valence-corrected chi connectivity index (χ1v) is 8.34. The fraction of sp³-hybridized carbons (Fsp3) is 0.421. The van der Waals surface area contributed by atoms with Gasteiger partial charge in [-0.05, 0) is 49.6 Å². The average Bonchev–Trinajstić information content (AvgIpc) is 3.01. The topological polar surface area (TPSA) is 48.4 Å². The molecule has 1 saturated heterocycles. The van der Waals surface area contributed by atoms with Gasteiger partial charge >= 0.3 is 0 Å². The summed E-state index contributed by atoms with van der Waals surface area (Å²) in [6, 6.07) is 12.9. The maximum atomic E-state index is 9.50. The van der Waals surface area contributed by atoms with Crippen molar-refractivity contribution in [2.24, 2.45) is 0 Å². The van der Waals surface area contributed by atoms with Crippen molar-refractivity contribution in [3.05, 3.63) is 59.4 Å². The van der Waals surface area contributed by atoms with Gasteiger partial charge in [-0.3, -0.25) is 9.88 Å². The Morgan fingerprint density at radius 1 is 1.26 bits per heavy atom. The number of rotatable bonds is 6. The molecular weight excluding hydrogens is 286 g/mol. The molecule has 1 aliphatic rings. The van der Waals surface area contributed by atoms with Crippen molar-refractivity contribution in [2.75, 3.05) is 18.5 Å². The number of benzene rings is 1. The lowest BCUT2D eigenvalue weighted by Crippen LogP contribution is -2.32. The van der Waals surface area contributed by atoms with Gasteiger partial charge in [0.15, 0.2) is 0 Å². The van der Waals surface area contributed by atoms with Crippen LogP contribution in [0.15, 0.2) is 42.6 Å². The van der Waals surface area contributed by atoms with E-state index in [0.717, 1.165) is 37.4 Å². The van der Waals surface area contributed by atoms with Gasteiger partial charge in [-0.1, -0.05) is 24.3 Å². The molecule has 4 heteroatoms. The summed E-state index contributed by atoms with van der Waals surface area (Å²) in [5.41, 5.74) is 4.77. The molecule has 2 N–H and O–H groups in total. The number of pyridine rings is 1. The predicted octanol–water partition coefficient (Wildman–Crippen LogP) is 2.96. The summed E-state index contributed by atoms with van der Waals surface area (Å²) >= 11 is 0. The van der Waals surface area contributed by atoms with Gasteiger partial charge in [0.2, 0.25) is 0 Å². The Hall–Kier alpha value is -1.91. The lowest BCUT2D eigenvalue weighted by atomic mass is 10.1. The summed E-state index contributed by atoms with van der Waals surface area (Å²) in [5.74, 6) is 0. The molecular formula is C19H25N3O. The van der Waals surface area contributed by atoms with Crippen LogP contribution in [0, 0.1) is 6.92 Å². The lowest BCUT2D eigenvalue weighted by molar-refractivity contribution is 0.153. The second-order valence-electron chi connectivity index (χ2n) is 6.26. The van der Waals surface area contributed by atoms with Gasteiger partial charge in [0.25, 0.3) is 0 Å². The number of hydrogen-bond donors (Lipinski definition) is 2. The van der Waals surface area contributed by atoms with Crippen LogP contribution in [0.3, 0.4) is 0 Å². The Labute approximate surface area is 138 Å². The molecule has 1 atom stereocenters. The predicted molar refractivity (Wildman–Crippen MR) is 93.3 cm³/mol. The number of aliphatic hydroxyl groups is 1. The van der Waals surface area contributed by atoms with Crippen LogP contribution < -0.4 is 5.32 Å². The van der Waals surface area contributed by atoms with E-state index in [-0.39, 0.29) is 6.61 Å². The van der Waals surface area contributed by atoms with Crippen LogP contribution in [0.25, 0.3) is 0 Å². The zero-order chi connectivity index (χ0) is 16.1. The van der Waals surface area contributed by atoms with Crippen LogP contribution in [-0.2, 0) is 13.1 Å². The Bertz CT molecular complexity index is 644. The molecule has 0 unspecified atom stereocenters. The molecule has 2 heterocycles. The Morgan fingerprint density at radius 3 is 2.87 bits per heavy atom. The normalized spacial score (nSPS) is 18.3. The second kappa shape index (κ2) is 7.57. The molecule has 0 aliphatic carbocycles.